The Hall–Kier alpha value is -2.25. The topological polar surface area (TPSA) is 50.2 Å². The van der Waals surface area contributed by atoms with E-state index in [2.05, 4.69) is 10.4 Å². The molecule has 0 saturated heterocycles. The molecule has 1 amide bonds. The Morgan fingerprint density at radius 2 is 2.08 bits per heavy atom. The average Bonchev–Trinajstić information content (AvgIpc) is 3.13. The van der Waals surface area contributed by atoms with E-state index in [1.54, 1.807) is 28.8 Å². The zero-order valence-electron chi connectivity index (χ0n) is 13.8. The molecule has 2 heterocycles. The Balaban J connectivity index is 1.98. The number of nitrogens with one attached hydrogen (secondary N) is 1. The third kappa shape index (κ3) is 3.05. The van der Waals surface area contributed by atoms with Crippen LogP contribution in [-0.2, 0) is 0 Å². The summed E-state index contributed by atoms with van der Waals surface area (Å²) < 4.78 is 14.9. The smallest absolute Gasteiger partial charge is 0.263 e. The highest BCUT2D eigenvalue weighted by Gasteiger charge is 2.19. The highest BCUT2D eigenvalue weighted by atomic mass is 32.1. The number of aryl methyl sites for hydroxylation is 1. The van der Waals surface area contributed by atoms with Gasteiger partial charge in [0.25, 0.3) is 5.91 Å². The fourth-order valence-corrected chi connectivity index (χ4v) is 3.66. The van der Waals surface area contributed by atoms with E-state index in [9.17, 15) is 9.18 Å². The second kappa shape index (κ2) is 6.70. The number of amides is 1. The maximum atomic E-state index is 13.1. The number of aromatic nitrogens is 2. The minimum atomic E-state index is -0.285. The van der Waals surface area contributed by atoms with Gasteiger partial charge in [-0.2, -0.15) is 5.10 Å². The molecule has 0 spiro atoms. The molecule has 0 atom stereocenters. The van der Waals surface area contributed by atoms with Gasteiger partial charge in [0.05, 0.1) is 16.3 Å². The molecular formula is C17H19FN4OS. The van der Waals surface area contributed by atoms with Crippen LogP contribution in [0, 0.1) is 12.7 Å². The third-order valence-electron chi connectivity index (χ3n) is 3.87. The van der Waals surface area contributed by atoms with Crippen LogP contribution in [0.5, 0.6) is 0 Å². The van der Waals surface area contributed by atoms with Crippen molar-refractivity contribution in [3.63, 3.8) is 0 Å². The predicted molar refractivity (Wildman–Crippen MR) is 94.5 cm³/mol. The molecule has 0 aliphatic carbocycles. The molecule has 1 aromatic carbocycles. The van der Waals surface area contributed by atoms with Crippen LogP contribution >= 0.6 is 11.3 Å². The monoisotopic (exact) mass is 346 g/mol. The van der Waals surface area contributed by atoms with Crippen LogP contribution in [0.25, 0.3) is 15.9 Å². The molecule has 0 bridgehead atoms. The summed E-state index contributed by atoms with van der Waals surface area (Å²) in [7, 11) is 3.65. The van der Waals surface area contributed by atoms with Crippen molar-refractivity contribution in [1.29, 1.82) is 0 Å². The van der Waals surface area contributed by atoms with Crippen LogP contribution in [0.3, 0.4) is 0 Å². The molecule has 0 radical (unpaired) electrons. The molecule has 126 valence electrons. The standard InChI is InChI=1S/C17H19FN4OS/c1-11-14-10-15(16(23)21(3)9-8-19-2)24-17(14)22(20-11)13-6-4-12(18)5-7-13/h4-7,10,19H,8-9H2,1-3H3. The molecular weight excluding hydrogens is 327 g/mol. The summed E-state index contributed by atoms with van der Waals surface area (Å²) in [6.45, 7) is 3.30. The first-order valence-corrected chi connectivity index (χ1v) is 8.48. The number of carbonyl (C=O) groups is 1. The van der Waals surface area contributed by atoms with Crippen LogP contribution in [0.15, 0.2) is 30.3 Å². The summed E-state index contributed by atoms with van der Waals surface area (Å²) in [5, 5.41) is 8.50. The molecule has 5 nitrogen and oxygen atoms in total. The summed E-state index contributed by atoms with van der Waals surface area (Å²) in [5.41, 5.74) is 1.63. The van der Waals surface area contributed by atoms with E-state index in [-0.39, 0.29) is 11.7 Å². The number of hydrogen-bond acceptors (Lipinski definition) is 4. The van der Waals surface area contributed by atoms with E-state index in [0.29, 0.717) is 11.4 Å². The van der Waals surface area contributed by atoms with E-state index in [4.69, 9.17) is 0 Å². The average molecular weight is 346 g/mol. The minimum absolute atomic E-state index is 0.00324. The van der Waals surface area contributed by atoms with E-state index in [0.717, 1.165) is 28.1 Å². The highest BCUT2D eigenvalue weighted by Crippen LogP contribution is 2.31. The summed E-state index contributed by atoms with van der Waals surface area (Å²) in [4.78, 5) is 15.8. The van der Waals surface area contributed by atoms with Gasteiger partial charge in [-0.3, -0.25) is 4.79 Å². The lowest BCUT2D eigenvalue weighted by Crippen LogP contribution is -2.32. The molecule has 3 rings (SSSR count). The first kappa shape index (κ1) is 16.6. The van der Waals surface area contributed by atoms with Crippen LogP contribution < -0.4 is 5.32 Å². The van der Waals surface area contributed by atoms with Gasteiger partial charge in [0.1, 0.15) is 10.6 Å². The van der Waals surface area contributed by atoms with Gasteiger partial charge in [-0.15, -0.1) is 11.3 Å². The van der Waals surface area contributed by atoms with E-state index < -0.39 is 0 Å². The van der Waals surface area contributed by atoms with Crippen molar-refractivity contribution in [2.45, 2.75) is 6.92 Å². The van der Waals surface area contributed by atoms with Gasteiger partial charge >= 0.3 is 0 Å². The Labute approximate surface area is 143 Å². The first-order valence-electron chi connectivity index (χ1n) is 7.66. The SMILES string of the molecule is CNCCN(C)C(=O)c1cc2c(C)nn(-c3ccc(F)cc3)c2s1. The summed E-state index contributed by atoms with van der Waals surface area (Å²) in [6.07, 6.45) is 0. The van der Waals surface area contributed by atoms with Crippen LogP contribution in [0.1, 0.15) is 15.4 Å². The minimum Gasteiger partial charge on any atom is -0.340 e. The van der Waals surface area contributed by atoms with E-state index in [1.807, 2.05) is 20.0 Å². The second-order valence-corrected chi connectivity index (χ2v) is 6.66. The van der Waals surface area contributed by atoms with E-state index >= 15 is 0 Å². The van der Waals surface area contributed by atoms with Crippen molar-refractivity contribution in [1.82, 2.24) is 20.0 Å². The number of thiophene rings is 1. The van der Waals surface area contributed by atoms with Gasteiger partial charge < -0.3 is 10.2 Å². The molecule has 0 aliphatic rings. The number of likely N-dealkylation sites (N-methyl/N-ethyl adjacent to an activating group) is 2. The lowest BCUT2D eigenvalue weighted by molar-refractivity contribution is 0.0801. The number of fused-ring (bicyclic) bond motifs is 1. The fraction of sp³-hybridized carbons (Fsp3) is 0.294. The molecule has 0 fully saturated rings. The highest BCUT2D eigenvalue weighted by molar-refractivity contribution is 7.20. The quantitative estimate of drug-likeness (QED) is 0.773. The molecule has 0 aliphatic heterocycles. The zero-order valence-corrected chi connectivity index (χ0v) is 14.7. The molecule has 1 N–H and O–H groups in total. The fourth-order valence-electron chi connectivity index (χ4n) is 2.48. The van der Waals surface area contributed by atoms with Crippen molar-refractivity contribution in [3.8, 4) is 5.69 Å². The largest absolute Gasteiger partial charge is 0.340 e. The zero-order chi connectivity index (χ0) is 17.3. The Bertz CT molecular complexity index is 869. The Kier molecular flexibility index (Phi) is 4.64. The number of hydrogen-bond donors (Lipinski definition) is 1. The Morgan fingerprint density at radius 3 is 2.75 bits per heavy atom. The molecule has 0 saturated carbocycles. The number of nitrogens with zero attached hydrogens (tertiary/aromatic N) is 3. The normalized spacial score (nSPS) is 11.2. The molecule has 7 heteroatoms. The van der Waals surface area contributed by atoms with Crippen LogP contribution in [0.2, 0.25) is 0 Å². The van der Waals surface area contributed by atoms with Gasteiger partial charge in [-0.05, 0) is 44.3 Å². The maximum absolute atomic E-state index is 13.1. The van der Waals surface area contributed by atoms with Gasteiger partial charge in [0, 0.05) is 25.5 Å². The van der Waals surface area contributed by atoms with Crippen molar-refractivity contribution in [2.75, 3.05) is 27.2 Å². The molecule has 24 heavy (non-hydrogen) atoms. The lowest BCUT2D eigenvalue weighted by atomic mass is 10.3. The number of carbonyl (C=O) groups excluding carboxylic acids is 1. The number of rotatable bonds is 5. The van der Waals surface area contributed by atoms with Gasteiger partial charge in [0.2, 0.25) is 0 Å². The summed E-state index contributed by atoms with van der Waals surface area (Å²) in [6, 6.07) is 8.07. The second-order valence-electron chi connectivity index (χ2n) is 5.63. The van der Waals surface area contributed by atoms with Gasteiger partial charge in [-0.25, -0.2) is 9.07 Å². The predicted octanol–water partition coefficient (Wildman–Crippen LogP) is 2.83. The summed E-state index contributed by atoms with van der Waals surface area (Å²) in [5.74, 6) is -0.288. The third-order valence-corrected chi connectivity index (χ3v) is 4.97. The van der Waals surface area contributed by atoms with Crippen LogP contribution in [-0.4, -0.2) is 47.8 Å². The number of benzene rings is 1. The summed E-state index contributed by atoms with van der Waals surface area (Å²) >= 11 is 1.41. The van der Waals surface area contributed by atoms with E-state index in [1.165, 1.54) is 23.5 Å². The van der Waals surface area contributed by atoms with Crippen molar-refractivity contribution >= 4 is 27.5 Å². The van der Waals surface area contributed by atoms with Crippen molar-refractivity contribution in [2.24, 2.45) is 0 Å². The van der Waals surface area contributed by atoms with Crippen molar-refractivity contribution in [3.05, 3.63) is 46.7 Å². The van der Waals surface area contributed by atoms with Gasteiger partial charge in [-0.1, -0.05) is 0 Å². The Morgan fingerprint density at radius 1 is 1.38 bits per heavy atom. The van der Waals surface area contributed by atoms with Crippen molar-refractivity contribution < 1.29 is 9.18 Å². The van der Waals surface area contributed by atoms with Gasteiger partial charge in [0.15, 0.2) is 0 Å². The lowest BCUT2D eigenvalue weighted by Gasteiger charge is -2.15. The first-order chi connectivity index (χ1) is 11.5. The number of halogens is 1. The maximum Gasteiger partial charge on any atom is 0.263 e. The molecule has 2 aromatic heterocycles. The van der Waals surface area contributed by atoms with Crippen LogP contribution in [0.4, 0.5) is 4.39 Å². The molecule has 3 aromatic rings. The molecule has 0 unspecified atom stereocenters.